The molecule has 3 aromatic rings. The molecule has 0 saturated heterocycles. The second-order valence-corrected chi connectivity index (χ2v) is 6.68. The van der Waals surface area contributed by atoms with Crippen LogP contribution in [0.15, 0.2) is 60.7 Å². The van der Waals surface area contributed by atoms with E-state index in [1.165, 1.54) is 12.1 Å². The molecular weight excluding hydrogens is 381 g/mol. The van der Waals surface area contributed by atoms with Crippen LogP contribution in [0.5, 0.6) is 5.75 Å². The van der Waals surface area contributed by atoms with Crippen molar-refractivity contribution in [3.05, 3.63) is 93.8 Å². The van der Waals surface area contributed by atoms with Crippen molar-refractivity contribution in [2.45, 2.75) is 20.1 Å². The Morgan fingerprint density at radius 2 is 1.89 bits per heavy atom. The molecule has 0 saturated carbocycles. The second kappa shape index (κ2) is 8.76. The first kappa shape index (κ1) is 19.7. The minimum Gasteiger partial charge on any atom is -0.488 e. The standard InChI is InChI=1S/C22H19ClFNO3/c1-14-18(22(26)27)6-4-7-20(14)25-12-15-5-2-3-8-21(15)28-13-16-9-10-17(24)11-19(16)23/h2-11,25H,12-13H2,1H3,(H,26,27). The second-order valence-electron chi connectivity index (χ2n) is 6.27. The summed E-state index contributed by atoms with van der Waals surface area (Å²) in [7, 11) is 0. The van der Waals surface area contributed by atoms with Crippen LogP contribution in [-0.2, 0) is 13.2 Å². The lowest BCUT2D eigenvalue weighted by molar-refractivity contribution is 0.0696. The van der Waals surface area contributed by atoms with E-state index in [2.05, 4.69) is 5.32 Å². The van der Waals surface area contributed by atoms with Crippen LogP contribution in [0.4, 0.5) is 10.1 Å². The molecule has 0 amide bonds. The third kappa shape index (κ3) is 4.61. The van der Waals surface area contributed by atoms with Crippen molar-refractivity contribution in [3.8, 4) is 5.75 Å². The lowest BCUT2D eigenvalue weighted by Gasteiger charge is -2.15. The molecule has 0 fully saturated rings. The quantitative estimate of drug-likeness (QED) is 0.536. The van der Waals surface area contributed by atoms with Gasteiger partial charge in [-0.05, 0) is 42.8 Å². The summed E-state index contributed by atoms with van der Waals surface area (Å²) in [5.41, 5.74) is 3.28. The van der Waals surface area contributed by atoms with Gasteiger partial charge in [0.15, 0.2) is 0 Å². The van der Waals surface area contributed by atoms with Gasteiger partial charge in [0.2, 0.25) is 0 Å². The minimum atomic E-state index is -0.957. The SMILES string of the molecule is Cc1c(NCc2ccccc2OCc2ccc(F)cc2Cl)cccc1C(=O)O. The molecule has 144 valence electrons. The highest BCUT2D eigenvalue weighted by atomic mass is 35.5. The molecular formula is C22H19ClFNO3. The summed E-state index contributed by atoms with van der Waals surface area (Å²) in [5, 5.41) is 12.8. The first-order chi connectivity index (χ1) is 13.5. The molecule has 0 radical (unpaired) electrons. The van der Waals surface area contributed by atoms with Gasteiger partial charge >= 0.3 is 5.97 Å². The Hall–Kier alpha value is -3.05. The van der Waals surface area contributed by atoms with Gasteiger partial charge in [-0.25, -0.2) is 9.18 Å². The van der Waals surface area contributed by atoms with Crippen LogP contribution >= 0.6 is 11.6 Å². The highest BCUT2D eigenvalue weighted by Gasteiger charge is 2.11. The molecule has 0 aliphatic rings. The molecule has 0 aliphatic heterocycles. The summed E-state index contributed by atoms with van der Waals surface area (Å²) in [4.78, 5) is 11.3. The Morgan fingerprint density at radius 1 is 1.11 bits per heavy atom. The minimum absolute atomic E-state index is 0.212. The number of hydrogen-bond donors (Lipinski definition) is 2. The van der Waals surface area contributed by atoms with E-state index in [-0.39, 0.29) is 12.2 Å². The van der Waals surface area contributed by atoms with Crippen LogP contribution in [-0.4, -0.2) is 11.1 Å². The molecule has 2 N–H and O–H groups in total. The molecule has 0 spiro atoms. The van der Waals surface area contributed by atoms with Crippen LogP contribution in [0.2, 0.25) is 5.02 Å². The number of benzene rings is 3. The summed E-state index contributed by atoms with van der Waals surface area (Å²) in [6.45, 7) is 2.44. The number of rotatable bonds is 7. The van der Waals surface area contributed by atoms with Crippen molar-refractivity contribution in [2.24, 2.45) is 0 Å². The number of ether oxygens (including phenoxy) is 1. The van der Waals surface area contributed by atoms with Crippen molar-refractivity contribution < 1.29 is 19.0 Å². The van der Waals surface area contributed by atoms with Crippen molar-refractivity contribution in [3.63, 3.8) is 0 Å². The lowest BCUT2D eigenvalue weighted by Crippen LogP contribution is -2.07. The van der Waals surface area contributed by atoms with E-state index < -0.39 is 11.8 Å². The summed E-state index contributed by atoms with van der Waals surface area (Å²) in [5.74, 6) is -0.680. The number of anilines is 1. The molecule has 0 unspecified atom stereocenters. The summed E-state index contributed by atoms with van der Waals surface area (Å²) >= 11 is 6.05. The fraction of sp³-hybridized carbons (Fsp3) is 0.136. The van der Waals surface area contributed by atoms with Crippen molar-refractivity contribution >= 4 is 23.3 Å². The lowest BCUT2D eigenvalue weighted by atomic mass is 10.1. The van der Waals surface area contributed by atoms with Crippen LogP contribution < -0.4 is 10.1 Å². The van der Waals surface area contributed by atoms with Crippen LogP contribution in [0.3, 0.4) is 0 Å². The molecule has 0 bridgehead atoms. The number of hydrogen-bond acceptors (Lipinski definition) is 3. The zero-order chi connectivity index (χ0) is 20.1. The number of halogens is 2. The third-order valence-electron chi connectivity index (χ3n) is 4.40. The predicted molar refractivity (Wildman–Crippen MR) is 108 cm³/mol. The molecule has 0 aromatic heterocycles. The number of nitrogens with one attached hydrogen (secondary N) is 1. The van der Waals surface area contributed by atoms with Crippen molar-refractivity contribution in [1.29, 1.82) is 0 Å². The molecule has 0 aliphatic carbocycles. The van der Waals surface area contributed by atoms with Gasteiger partial charge in [0.05, 0.1) is 10.6 Å². The van der Waals surface area contributed by atoms with Crippen molar-refractivity contribution in [2.75, 3.05) is 5.32 Å². The van der Waals surface area contributed by atoms with Crippen LogP contribution in [0.25, 0.3) is 0 Å². The number of carboxylic acids is 1. The molecule has 6 heteroatoms. The monoisotopic (exact) mass is 399 g/mol. The maximum Gasteiger partial charge on any atom is 0.336 e. The Labute approximate surface area is 167 Å². The van der Waals surface area contributed by atoms with E-state index in [1.54, 1.807) is 25.1 Å². The first-order valence-electron chi connectivity index (χ1n) is 8.67. The predicted octanol–water partition coefficient (Wildman–Crippen LogP) is 5.68. The number of aromatic carboxylic acids is 1. The summed E-state index contributed by atoms with van der Waals surface area (Å²) < 4.78 is 19.1. The maximum atomic E-state index is 13.2. The highest BCUT2D eigenvalue weighted by molar-refractivity contribution is 6.31. The number of carboxylic acid groups (broad SMARTS) is 1. The van der Waals surface area contributed by atoms with E-state index in [4.69, 9.17) is 16.3 Å². The van der Waals surface area contributed by atoms with Crippen LogP contribution in [0.1, 0.15) is 27.0 Å². The Balaban J connectivity index is 1.72. The topological polar surface area (TPSA) is 58.6 Å². The van der Waals surface area contributed by atoms with Crippen molar-refractivity contribution in [1.82, 2.24) is 0 Å². The van der Waals surface area contributed by atoms with Gasteiger partial charge in [-0.3, -0.25) is 0 Å². The maximum absolute atomic E-state index is 13.2. The van der Waals surface area contributed by atoms with Crippen LogP contribution in [0, 0.1) is 12.7 Å². The Kier molecular flexibility index (Phi) is 6.16. The van der Waals surface area contributed by atoms with E-state index in [1.807, 2.05) is 30.3 Å². The zero-order valence-corrected chi connectivity index (χ0v) is 16.0. The van der Waals surface area contributed by atoms with E-state index in [9.17, 15) is 14.3 Å². The fourth-order valence-corrected chi connectivity index (χ4v) is 3.06. The highest BCUT2D eigenvalue weighted by Crippen LogP contribution is 2.25. The van der Waals surface area contributed by atoms with Gasteiger partial charge in [0.1, 0.15) is 18.2 Å². The summed E-state index contributed by atoms with van der Waals surface area (Å²) in [6.07, 6.45) is 0. The smallest absolute Gasteiger partial charge is 0.336 e. The largest absolute Gasteiger partial charge is 0.488 e. The van der Waals surface area contributed by atoms with Gasteiger partial charge < -0.3 is 15.2 Å². The van der Waals surface area contributed by atoms with Gasteiger partial charge in [-0.1, -0.05) is 41.9 Å². The molecule has 4 nitrogen and oxygen atoms in total. The van der Waals surface area contributed by atoms with Gasteiger partial charge in [0, 0.05) is 23.4 Å². The van der Waals surface area contributed by atoms with E-state index in [0.29, 0.717) is 28.4 Å². The molecule has 28 heavy (non-hydrogen) atoms. The molecule has 0 heterocycles. The number of para-hydroxylation sites is 1. The van der Waals surface area contributed by atoms with Gasteiger partial charge in [0.25, 0.3) is 0 Å². The zero-order valence-electron chi connectivity index (χ0n) is 15.2. The normalized spacial score (nSPS) is 10.5. The fourth-order valence-electron chi connectivity index (χ4n) is 2.83. The van der Waals surface area contributed by atoms with E-state index >= 15 is 0 Å². The Morgan fingerprint density at radius 3 is 2.64 bits per heavy atom. The average Bonchev–Trinajstić information content (AvgIpc) is 2.67. The summed E-state index contributed by atoms with van der Waals surface area (Å²) in [6, 6.07) is 16.8. The number of carbonyl (C=O) groups is 1. The Bertz CT molecular complexity index is 1010. The third-order valence-corrected chi connectivity index (χ3v) is 4.76. The van der Waals surface area contributed by atoms with Gasteiger partial charge in [-0.2, -0.15) is 0 Å². The average molecular weight is 400 g/mol. The molecule has 0 atom stereocenters. The van der Waals surface area contributed by atoms with Gasteiger partial charge in [-0.15, -0.1) is 0 Å². The first-order valence-corrected chi connectivity index (χ1v) is 9.05. The molecule has 3 aromatic carbocycles. The molecule has 3 rings (SSSR count). The van der Waals surface area contributed by atoms with E-state index in [0.717, 1.165) is 11.3 Å².